The molecule has 0 saturated carbocycles. The molecule has 0 unspecified atom stereocenters. The lowest BCUT2D eigenvalue weighted by Gasteiger charge is -2.21. The Morgan fingerprint density at radius 1 is 1.12 bits per heavy atom. The summed E-state index contributed by atoms with van der Waals surface area (Å²) in [4.78, 5) is 26.1. The molecule has 1 aromatic rings. The van der Waals surface area contributed by atoms with Gasteiger partial charge in [0, 0.05) is 13.1 Å². The summed E-state index contributed by atoms with van der Waals surface area (Å²) in [7, 11) is 2.43. The molecule has 1 saturated heterocycles. The largest absolute Gasteiger partial charge is 0.469 e. The van der Waals surface area contributed by atoms with Crippen LogP contribution < -0.4 is 0 Å². The number of nitrogens with zero attached hydrogens (tertiary/aromatic N) is 3. The van der Waals surface area contributed by atoms with Crippen molar-refractivity contribution in [1.29, 1.82) is 10.5 Å². The van der Waals surface area contributed by atoms with Crippen LogP contribution in [0.25, 0.3) is 0 Å². The second kappa shape index (κ2) is 7.98. The van der Waals surface area contributed by atoms with Gasteiger partial charge in [0.15, 0.2) is 0 Å². The van der Waals surface area contributed by atoms with Crippen molar-refractivity contribution in [3.8, 4) is 12.1 Å². The molecule has 7 heteroatoms. The lowest BCUT2D eigenvalue weighted by atomic mass is 9.92. The van der Waals surface area contributed by atoms with Crippen LogP contribution in [0, 0.1) is 34.5 Å². The van der Waals surface area contributed by atoms with Gasteiger partial charge in [-0.25, -0.2) is 0 Å². The van der Waals surface area contributed by atoms with Crippen LogP contribution in [0.3, 0.4) is 0 Å². The number of carbonyl (C=O) groups is 2. The van der Waals surface area contributed by atoms with Gasteiger partial charge in [-0.1, -0.05) is 30.3 Å². The van der Waals surface area contributed by atoms with Crippen molar-refractivity contribution in [3.63, 3.8) is 0 Å². The first-order valence-electron chi connectivity index (χ1n) is 7.56. The third-order valence-electron chi connectivity index (χ3n) is 4.11. The van der Waals surface area contributed by atoms with Crippen molar-refractivity contribution in [2.24, 2.45) is 11.8 Å². The van der Waals surface area contributed by atoms with E-state index < -0.39 is 23.8 Å². The standard InChI is InChI=1S/C18H17N3O4/c1-24-17(22)14-11-21(10-12-6-4-3-5-7-12)16(13(8-19)9-20)15(14)18(23)25-2/h3-7,14-15H,10-11H2,1-2H3/t14-,15+/m1/s1. The van der Waals surface area contributed by atoms with Crippen molar-refractivity contribution in [2.45, 2.75) is 6.54 Å². The summed E-state index contributed by atoms with van der Waals surface area (Å²) < 4.78 is 9.59. The Balaban J connectivity index is 2.52. The van der Waals surface area contributed by atoms with Gasteiger partial charge < -0.3 is 14.4 Å². The van der Waals surface area contributed by atoms with Gasteiger partial charge in [-0.15, -0.1) is 0 Å². The summed E-state index contributed by atoms with van der Waals surface area (Å²) in [5.41, 5.74) is 0.915. The monoisotopic (exact) mass is 339 g/mol. The molecular weight excluding hydrogens is 322 g/mol. The van der Waals surface area contributed by atoms with Gasteiger partial charge in [0.05, 0.1) is 25.8 Å². The molecule has 1 aromatic carbocycles. The molecule has 0 aromatic heterocycles. The minimum Gasteiger partial charge on any atom is -0.469 e. The van der Waals surface area contributed by atoms with E-state index in [4.69, 9.17) is 9.47 Å². The molecule has 1 aliphatic rings. The zero-order chi connectivity index (χ0) is 18.4. The molecule has 25 heavy (non-hydrogen) atoms. The lowest BCUT2D eigenvalue weighted by Crippen LogP contribution is -2.30. The van der Waals surface area contributed by atoms with E-state index in [-0.39, 0.29) is 17.8 Å². The quantitative estimate of drug-likeness (QED) is 0.603. The summed E-state index contributed by atoms with van der Waals surface area (Å²) in [6.45, 7) is 0.507. The van der Waals surface area contributed by atoms with Crippen LogP contribution in [0.2, 0.25) is 0 Å². The molecule has 0 radical (unpaired) electrons. The second-order valence-electron chi connectivity index (χ2n) is 5.48. The fourth-order valence-corrected chi connectivity index (χ4v) is 3.00. The van der Waals surface area contributed by atoms with Crippen molar-refractivity contribution < 1.29 is 19.1 Å². The summed E-state index contributed by atoms with van der Waals surface area (Å²) in [6.07, 6.45) is 0. The van der Waals surface area contributed by atoms with E-state index in [2.05, 4.69) is 0 Å². The second-order valence-corrected chi connectivity index (χ2v) is 5.48. The number of ether oxygens (including phenoxy) is 2. The summed E-state index contributed by atoms with van der Waals surface area (Å²) in [5.74, 6) is -3.15. The molecule has 2 rings (SSSR count). The maximum absolute atomic E-state index is 12.3. The maximum Gasteiger partial charge on any atom is 0.315 e. The summed E-state index contributed by atoms with van der Waals surface area (Å²) in [6, 6.07) is 13.0. The van der Waals surface area contributed by atoms with Gasteiger partial charge in [-0.05, 0) is 5.56 Å². The Bertz CT molecular complexity index is 758. The molecule has 128 valence electrons. The highest BCUT2D eigenvalue weighted by molar-refractivity contribution is 5.86. The topological polar surface area (TPSA) is 103 Å². The number of nitriles is 2. The molecule has 1 fully saturated rings. The SMILES string of the molecule is COC(=O)[C@@H]1C(=C(C#N)C#N)N(Cc2ccccc2)C[C@H]1C(=O)OC. The van der Waals surface area contributed by atoms with E-state index in [0.29, 0.717) is 6.54 Å². The Labute approximate surface area is 145 Å². The highest BCUT2D eigenvalue weighted by Crippen LogP contribution is 2.37. The number of likely N-dealkylation sites (tertiary alicyclic amines) is 1. The Morgan fingerprint density at radius 3 is 2.24 bits per heavy atom. The number of carbonyl (C=O) groups excluding carboxylic acids is 2. The zero-order valence-electron chi connectivity index (χ0n) is 13.9. The smallest absolute Gasteiger partial charge is 0.315 e. The highest BCUT2D eigenvalue weighted by Gasteiger charge is 2.48. The van der Waals surface area contributed by atoms with Crippen LogP contribution in [-0.2, 0) is 25.6 Å². The van der Waals surface area contributed by atoms with Gasteiger partial charge in [-0.3, -0.25) is 9.59 Å². The van der Waals surface area contributed by atoms with Crippen LogP contribution in [0.1, 0.15) is 5.56 Å². The number of allylic oxidation sites excluding steroid dienone is 1. The molecule has 7 nitrogen and oxygen atoms in total. The predicted octanol–water partition coefficient (Wildman–Crippen LogP) is 1.38. The van der Waals surface area contributed by atoms with E-state index in [1.54, 1.807) is 4.90 Å². The van der Waals surface area contributed by atoms with E-state index in [1.807, 2.05) is 42.5 Å². The summed E-state index contributed by atoms with van der Waals surface area (Å²) >= 11 is 0. The Morgan fingerprint density at radius 2 is 1.72 bits per heavy atom. The molecule has 0 amide bonds. The third-order valence-corrected chi connectivity index (χ3v) is 4.11. The molecule has 1 aliphatic heterocycles. The van der Waals surface area contributed by atoms with Gasteiger partial charge >= 0.3 is 11.9 Å². The van der Waals surface area contributed by atoms with Gasteiger partial charge in [-0.2, -0.15) is 10.5 Å². The van der Waals surface area contributed by atoms with E-state index in [9.17, 15) is 20.1 Å². The van der Waals surface area contributed by atoms with E-state index in [1.165, 1.54) is 14.2 Å². The van der Waals surface area contributed by atoms with E-state index in [0.717, 1.165) is 5.56 Å². The van der Waals surface area contributed by atoms with Crippen LogP contribution in [-0.4, -0.2) is 37.6 Å². The minimum absolute atomic E-state index is 0.156. The molecule has 0 spiro atoms. The Hall–Kier alpha value is -3.32. The number of methoxy groups -OCH3 is 2. The van der Waals surface area contributed by atoms with Crippen molar-refractivity contribution in [1.82, 2.24) is 4.90 Å². The number of hydrogen-bond donors (Lipinski definition) is 0. The Kier molecular flexibility index (Phi) is 5.75. The molecule has 0 aliphatic carbocycles. The first kappa shape index (κ1) is 18.0. The van der Waals surface area contributed by atoms with Crippen LogP contribution >= 0.6 is 0 Å². The highest BCUT2D eigenvalue weighted by atomic mass is 16.5. The van der Waals surface area contributed by atoms with Gasteiger partial charge in [0.25, 0.3) is 0 Å². The molecular formula is C18H17N3O4. The van der Waals surface area contributed by atoms with Gasteiger partial charge in [0.2, 0.25) is 0 Å². The lowest BCUT2D eigenvalue weighted by molar-refractivity contribution is -0.154. The fourth-order valence-electron chi connectivity index (χ4n) is 3.00. The van der Waals surface area contributed by atoms with Crippen LogP contribution in [0.15, 0.2) is 41.6 Å². The predicted molar refractivity (Wildman–Crippen MR) is 86.1 cm³/mol. The van der Waals surface area contributed by atoms with Crippen LogP contribution in [0.5, 0.6) is 0 Å². The molecule has 2 atom stereocenters. The number of hydrogen-bond acceptors (Lipinski definition) is 7. The summed E-state index contributed by atoms with van der Waals surface area (Å²) in [5, 5.41) is 18.6. The first-order chi connectivity index (χ1) is 12.1. The van der Waals surface area contributed by atoms with Crippen molar-refractivity contribution in [3.05, 3.63) is 47.2 Å². The minimum atomic E-state index is -1.05. The number of rotatable bonds is 4. The number of benzene rings is 1. The maximum atomic E-state index is 12.3. The molecule has 0 N–H and O–H groups in total. The zero-order valence-corrected chi connectivity index (χ0v) is 13.9. The molecule has 1 heterocycles. The van der Waals surface area contributed by atoms with Gasteiger partial charge in [0.1, 0.15) is 23.6 Å². The van der Waals surface area contributed by atoms with Crippen molar-refractivity contribution in [2.75, 3.05) is 20.8 Å². The average Bonchev–Trinajstić information content (AvgIpc) is 3.01. The first-order valence-corrected chi connectivity index (χ1v) is 7.56. The van der Waals surface area contributed by atoms with Crippen molar-refractivity contribution >= 4 is 11.9 Å². The molecule has 0 bridgehead atoms. The third kappa shape index (κ3) is 3.61. The number of esters is 2. The normalized spacial score (nSPS) is 18.9. The van der Waals surface area contributed by atoms with E-state index >= 15 is 0 Å². The fraction of sp³-hybridized carbons (Fsp3) is 0.333. The average molecular weight is 339 g/mol. The van der Waals surface area contributed by atoms with Crippen LogP contribution in [0.4, 0.5) is 0 Å².